The molecule has 1 aromatic heterocycles. The predicted octanol–water partition coefficient (Wildman–Crippen LogP) is 0.790. The van der Waals surface area contributed by atoms with Crippen LogP contribution >= 0.6 is 0 Å². The van der Waals surface area contributed by atoms with E-state index in [9.17, 15) is 13.2 Å². The molecular weight excluding hydrogens is 332 g/mol. The average molecular weight is 356 g/mol. The van der Waals surface area contributed by atoms with Crippen molar-refractivity contribution in [2.24, 2.45) is 5.92 Å². The second-order valence-electron chi connectivity index (χ2n) is 7.02. The van der Waals surface area contributed by atoms with E-state index in [1.54, 1.807) is 0 Å². The van der Waals surface area contributed by atoms with Crippen molar-refractivity contribution in [3.8, 4) is 0 Å². The van der Waals surface area contributed by atoms with E-state index in [4.69, 9.17) is 4.52 Å². The van der Waals surface area contributed by atoms with E-state index in [-0.39, 0.29) is 23.7 Å². The van der Waals surface area contributed by atoms with Gasteiger partial charge in [0.15, 0.2) is 5.82 Å². The van der Waals surface area contributed by atoms with Gasteiger partial charge in [-0.25, -0.2) is 12.7 Å². The number of rotatable bonds is 4. The van der Waals surface area contributed by atoms with Crippen molar-refractivity contribution in [2.75, 3.05) is 32.4 Å². The number of piperidine rings is 1. The Morgan fingerprint density at radius 1 is 1.25 bits per heavy atom. The minimum absolute atomic E-state index is 0.0853. The van der Waals surface area contributed by atoms with Crippen LogP contribution in [0.4, 0.5) is 0 Å². The van der Waals surface area contributed by atoms with Gasteiger partial charge in [-0.1, -0.05) is 19.0 Å². The number of hydrogen-bond acceptors (Lipinski definition) is 6. The van der Waals surface area contributed by atoms with E-state index in [1.807, 2.05) is 18.7 Å². The molecule has 134 valence electrons. The SMILES string of the molecule is CC(C)c1noc(C2CN(C(=O)C3CCN(S(C)(=O)=O)CC3)C2)n1. The van der Waals surface area contributed by atoms with E-state index in [0.29, 0.717) is 50.7 Å². The van der Waals surface area contributed by atoms with Gasteiger partial charge in [0.05, 0.1) is 12.2 Å². The Morgan fingerprint density at radius 2 is 1.88 bits per heavy atom. The third-order valence-electron chi connectivity index (χ3n) is 4.79. The molecule has 1 aromatic rings. The highest BCUT2D eigenvalue weighted by Crippen LogP contribution is 2.30. The standard InChI is InChI=1S/C15H24N4O4S/c1-10(2)13-16-14(23-17-13)12-8-18(9-12)15(20)11-4-6-19(7-5-11)24(3,21)22/h10-12H,4-9H2,1-3H3. The van der Waals surface area contributed by atoms with Crippen LogP contribution in [0.5, 0.6) is 0 Å². The number of amides is 1. The van der Waals surface area contributed by atoms with Crippen LogP contribution in [0, 0.1) is 5.92 Å². The molecule has 0 unspecified atom stereocenters. The first-order valence-electron chi connectivity index (χ1n) is 8.33. The fourth-order valence-corrected chi connectivity index (χ4v) is 4.03. The third-order valence-corrected chi connectivity index (χ3v) is 6.09. The molecule has 0 aromatic carbocycles. The van der Waals surface area contributed by atoms with Crippen LogP contribution in [0.1, 0.15) is 50.2 Å². The molecule has 0 saturated carbocycles. The van der Waals surface area contributed by atoms with Gasteiger partial charge >= 0.3 is 0 Å². The van der Waals surface area contributed by atoms with E-state index < -0.39 is 10.0 Å². The molecule has 3 rings (SSSR count). The highest BCUT2D eigenvalue weighted by Gasteiger charge is 2.39. The highest BCUT2D eigenvalue weighted by atomic mass is 32.2. The molecule has 0 atom stereocenters. The fourth-order valence-electron chi connectivity index (χ4n) is 3.15. The number of hydrogen-bond donors (Lipinski definition) is 0. The Kier molecular flexibility index (Phi) is 4.65. The van der Waals surface area contributed by atoms with E-state index in [0.717, 1.165) is 0 Å². The van der Waals surface area contributed by atoms with Gasteiger partial charge in [-0.15, -0.1) is 0 Å². The number of aromatic nitrogens is 2. The number of sulfonamides is 1. The molecule has 0 N–H and O–H groups in total. The molecule has 2 aliphatic heterocycles. The first-order chi connectivity index (χ1) is 11.3. The van der Waals surface area contributed by atoms with Crippen molar-refractivity contribution < 1.29 is 17.7 Å². The number of carbonyl (C=O) groups is 1. The molecule has 0 radical (unpaired) electrons. The van der Waals surface area contributed by atoms with Crippen LogP contribution in [-0.2, 0) is 14.8 Å². The summed E-state index contributed by atoms with van der Waals surface area (Å²) in [6, 6.07) is 0. The summed E-state index contributed by atoms with van der Waals surface area (Å²) in [6.07, 6.45) is 2.39. The Morgan fingerprint density at radius 3 is 2.38 bits per heavy atom. The summed E-state index contributed by atoms with van der Waals surface area (Å²) in [5.74, 6) is 1.67. The third kappa shape index (κ3) is 3.46. The first-order valence-corrected chi connectivity index (χ1v) is 10.2. The minimum atomic E-state index is -3.16. The van der Waals surface area contributed by atoms with Gasteiger partial charge < -0.3 is 9.42 Å². The topological polar surface area (TPSA) is 96.6 Å². The molecule has 2 saturated heterocycles. The lowest BCUT2D eigenvalue weighted by Gasteiger charge is -2.40. The molecule has 1 amide bonds. The Bertz CT molecular complexity index is 701. The molecular formula is C15H24N4O4S. The van der Waals surface area contributed by atoms with Gasteiger partial charge in [0.1, 0.15) is 0 Å². The van der Waals surface area contributed by atoms with Crippen LogP contribution in [0.15, 0.2) is 4.52 Å². The molecule has 2 aliphatic rings. The zero-order valence-corrected chi connectivity index (χ0v) is 15.1. The molecule has 9 heteroatoms. The van der Waals surface area contributed by atoms with E-state index in [1.165, 1.54) is 10.6 Å². The summed E-state index contributed by atoms with van der Waals surface area (Å²) in [6.45, 7) is 6.07. The first kappa shape index (κ1) is 17.3. The van der Waals surface area contributed by atoms with Crippen molar-refractivity contribution in [1.82, 2.24) is 19.3 Å². The lowest BCUT2D eigenvalue weighted by molar-refractivity contribution is -0.141. The summed E-state index contributed by atoms with van der Waals surface area (Å²) in [5, 5.41) is 3.96. The lowest BCUT2D eigenvalue weighted by Crippen LogP contribution is -2.52. The monoisotopic (exact) mass is 356 g/mol. The number of carbonyl (C=O) groups excluding carboxylic acids is 1. The van der Waals surface area contributed by atoms with Crippen molar-refractivity contribution in [2.45, 2.75) is 38.5 Å². The second-order valence-corrected chi connectivity index (χ2v) is 9.00. The van der Waals surface area contributed by atoms with Gasteiger partial charge in [-0.3, -0.25) is 4.79 Å². The maximum absolute atomic E-state index is 12.5. The lowest BCUT2D eigenvalue weighted by atomic mass is 9.92. The molecule has 24 heavy (non-hydrogen) atoms. The van der Waals surface area contributed by atoms with Crippen LogP contribution in [0.2, 0.25) is 0 Å². The fraction of sp³-hybridized carbons (Fsp3) is 0.800. The van der Waals surface area contributed by atoms with Gasteiger partial charge in [0, 0.05) is 38.0 Å². The second kappa shape index (κ2) is 6.44. The summed E-state index contributed by atoms with van der Waals surface area (Å²) >= 11 is 0. The number of likely N-dealkylation sites (tertiary alicyclic amines) is 1. The van der Waals surface area contributed by atoms with Gasteiger partial charge in [-0.05, 0) is 12.8 Å². The Balaban J connectivity index is 1.50. The predicted molar refractivity (Wildman–Crippen MR) is 86.8 cm³/mol. The average Bonchev–Trinajstić information content (AvgIpc) is 2.94. The molecule has 8 nitrogen and oxygen atoms in total. The van der Waals surface area contributed by atoms with Crippen LogP contribution in [0.3, 0.4) is 0 Å². The summed E-state index contributed by atoms with van der Waals surface area (Å²) in [5.41, 5.74) is 0. The van der Waals surface area contributed by atoms with E-state index in [2.05, 4.69) is 10.1 Å². The molecule has 0 spiro atoms. The van der Waals surface area contributed by atoms with Crippen molar-refractivity contribution in [3.63, 3.8) is 0 Å². The normalized spacial score (nSPS) is 21.2. The zero-order chi connectivity index (χ0) is 17.5. The molecule has 2 fully saturated rings. The van der Waals surface area contributed by atoms with Crippen LogP contribution in [0.25, 0.3) is 0 Å². The molecule has 3 heterocycles. The maximum atomic E-state index is 12.5. The number of nitrogens with zero attached hydrogens (tertiary/aromatic N) is 4. The van der Waals surface area contributed by atoms with Gasteiger partial charge in [-0.2, -0.15) is 4.98 Å². The van der Waals surface area contributed by atoms with Crippen LogP contribution in [-0.4, -0.2) is 66.1 Å². The van der Waals surface area contributed by atoms with Crippen molar-refractivity contribution in [1.29, 1.82) is 0 Å². The van der Waals surface area contributed by atoms with E-state index >= 15 is 0 Å². The Hall–Kier alpha value is -1.48. The maximum Gasteiger partial charge on any atom is 0.233 e. The smallest absolute Gasteiger partial charge is 0.233 e. The Labute approximate surface area is 142 Å². The van der Waals surface area contributed by atoms with Gasteiger partial charge in [0.25, 0.3) is 0 Å². The highest BCUT2D eigenvalue weighted by molar-refractivity contribution is 7.88. The zero-order valence-electron chi connectivity index (χ0n) is 14.3. The summed E-state index contributed by atoms with van der Waals surface area (Å²) in [4.78, 5) is 18.7. The van der Waals surface area contributed by atoms with Crippen molar-refractivity contribution in [3.05, 3.63) is 11.7 Å². The quantitative estimate of drug-likeness (QED) is 0.791. The molecule has 0 bridgehead atoms. The summed E-state index contributed by atoms with van der Waals surface area (Å²) < 4.78 is 29.8. The summed E-state index contributed by atoms with van der Waals surface area (Å²) in [7, 11) is -3.16. The minimum Gasteiger partial charge on any atom is -0.341 e. The molecule has 0 aliphatic carbocycles. The van der Waals surface area contributed by atoms with Crippen molar-refractivity contribution >= 4 is 15.9 Å². The van der Waals surface area contributed by atoms with Crippen LogP contribution < -0.4 is 0 Å². The van der Waals surface area contributed by atoms with Gasteiger partial charge in [0.2, 0.25) is 21.8 Å². The largest absolute Gasteiger partial charge is 0.341 e.